The Morgan fingerprint density at radius 1 is 0.926 bits per heavy atom. The zero-order valence-corrected chi connectivity index (χ0v) is 18.4. The van der Waals surface area contributed by atoms with Gasteiger partial charge in [0.2, 0.25) is 0 Å². The fourth-order valence-corrected chi connectivity index (χ4v) is 2.52. The molecule has 0 aliphatic rings. The van der Waals surface area contributed by atoms with Gasteiger partial charge >= 0.3 is 0 Å². The lowest BCUT2D eigenvalue weighted by atomic mass is 10.1. The lowest BCUT2D eigenvalue weighted by Gasteiger charge is -2.12. The van der Waals surface area contributed by atoms with E-state index in [1.165, 1.54) is 5.56 Å². The molecule has 0 bridgehead atoms. The molecule has 2 rings (SSSR count). The lowest BCUT2D eigenvalue weighted by molar-refractivity contribution is 0.405. The van der Waals surface area contributed by atoms with Crippen LogP contribution in [0.4, 0.5) is 5.69 Å². The van der Waals surface area contributed by atoms with Crippen molar-refractivity contribution < 1.29 is 14.2 Å². The number of rotatable bonds is 9. The smallest absolute Gasteiger partial charge is 0.193 e. The van der Waals surface area contributed by atoms with Crippen molar-refractivity contribution in [1.82, 2.24) is 0 Å². The molecule has 2 aromatic carbocycles. The fourth-order valence-electron chi connectivity index (χ4n) is 2.52. The summed E-state index contributed by atoms with van der Waals surface area (Å²) in [6.07, 6.45) is 3.02. The maximum absolute atomic E-state index is 5.97. The number of aliphatic imine (C=N–C) groups is 1. The van der Waals surface area contributed by atoms with Gasteiger partial charge in [0.15, 0.2) is 5.96 Å². The zero-order valence-electron chi connectivity index (χ0n) is 16.0. The first-order chi connectivity index (χ1) is 12.7. The summed E-state index contributed by atoms with van der Waals surface area (Å²) in [7, 11) is 4.90. The predicted molar refractivity (Wildman–Crippen MR) is 121 cm³/mol. The van der Waals surface area contributed by atoms with Crippen LogP contribution in [0, 0.1) is 0 Å². The van der Waals surface area contributed by atoms with Crippen LogP contribution in [0.3, 0.4) is 0 Å². The first-order valence-electron chi connectivity index (χ1n) is 8.58. The second-order valence-corrected chi connectivity index (χ2v) is 5.76. The molecule has 0 atom stereocenters. The Bertz CT molecular complexity index is 721. The summed E-state index contributed by atoms with van der Waals surface area (Å²) in [5.74, 6) is 2.65. The van der Waals surface area contributed by atoms with Crippen LogP contribution >= 0.6 is 24.0 Å². The zero-order chi connectivity index (χ0) is 18.8. The molecule has 0 fully saturated rings. The van der Waals surface area contributed by atoms with Gasteiger partial charge in [0.05, 0.1) is 27.0 Å². The molecule has 0 aromatic heterocycles. The molecule has 0 amide bonds. The number of benzene rings is 2. The summed E-state index contributed by atoms with van der Waals surface area (Å²) < 4.78 is 15.7. The second kappa shape index (κ2) is 12.3. The Morgan fingerprint density at radius 3 is 2.22 bits per heavy atom. The summed E-state index contributed by atoms with van der Waals surface area (Å²) in [6, 6.07) is 13.6. The van der Waals surface area contributed by atoms with Crippen molar-refractivity contribution >= 4 is 35.6 Å². The van der Waals surface area contributed by atoms with Crippen LogP contribution in [0.15, 0.2) is 47.5 Å². The molecule has 3 N–H and O–H groups in total. The molecule has 6 nitrogen and oxygen atoms in total. The Labute approximate surface area is 178 Å². The van der Waals surface area contributed by atoms with Crippen molar-refractivity contribution in [3.8, 4) is 17.2 Å². The number of nitrogens with zero attached hydrogens (tertiary/aromatic N) is 1. The molecule has 0 saturated heterocycles. The highest BCUT2D eigenvalue weighted by Crippen LogP contribution is 2.28. The molecule has 0 aliphatic heterocycles. The summed E-state index contributed by atoms with van der Waals surface area (Å²) >= 11 is 0. The summed E-state index contributed by atoms with van der Waals surface area (Å²) in [5, 5.41) is 3.07. The Kier molecular flexibility index (Phi) is 10.4. The number of halogens is 1. The normalized spacial score (nSPS) is 10.7. The van der Waals surface area contributed by atoms with Gasteiger partial charge in [-0.3, -0.25) is 4.99 Å². The van der Waals surface area contributed by atoms with Crippen molar-refractivity contribution in [3.63, 3.8) is 0 Å². The average molecular weight is 485 g/mol. The van der Waals surface area contributed by atoms with E-state index in [9.17, 15) is 0 Å². The van der Waals surface area contributed by atoms with Crippen LogP contribution in [0.1, 0.15) is 18.4 Å². The molecule has 0 aliphatic carbocycles. The van der Waals surface area contributed by atoms with Gasteiger partial charge < -0.3 is 25.3 Å². The minimum Gasteiger partial charge on any atom is -0.497 e. The number of aryl methyl sites for hydroxylation is 1. The van der Waals surface area contributed by atoms with E-state index in [-0.39, 0.29) is 24.0 Å². The van der Waals surface area contributed by atoms with Crippen molar-refractivity contribution in [3.05, 3.63) is 48.0 Å². The van der Waals surface area contributed by atoms with Gasteiger partial charge in [0.25, 0.3) is 0 Å². The molecule has 0 saturated carbocycles. The number of nitrogens with two attached hydrogens (primary N) is 1. The average Bonchev–Trinajstić information content (AvgIpc) is 2.68. The fraction of sp³-hybridized carbons (Fsp3) is 0.350. The number of ether oxygens (including phenoxy) is 3. The van der Waals surface area contributed by atoms with Gasteiger partial charge in [0.1, 0.15) is 17.2 Å². The molecule has 27 heavy (non-hydrogen) atoms. The lowest BCUT2D eigenvalue weighted by Crippen LogP contribution is -2.23. The van der Waals surface area contributed by atoms with E-state index in [1.807, 2.05) is 30.3 Å². The third-order valence-corrected chi connectivity index (χ3v) is 3.98. The van der Waals surface area contributed by atoms with E-state index < -0.39 is 0 Å². The van der Waals surface area contributed by atoms with Gasteiger partial charge in [-0.25, -0.2) is 0 Å². The number of hydrogen-bond acceptors (Lipinski definition) is 4. The van der Waals surface area contributed by atoms with Crippen LogP contribution in [-0.4, -0.2) is 33.8 Å². The maximum Gasteiger partial charge on any atom is 0.193 e. The van der Waals surface area contributed by atoms with Gasteiger partial charge in [-0.15, -0.1) is 24.0 Å². The molecular formula is C20H28IN3O3. The number of hydrogen-bond donors (Lipinski definition) is 2. The first-order valence-corrected chi connectivity index (χ1v) is 8.58. The SMILES string of the molecule is COc1ccc(CCCCN=C(N)Nc2cc(OC)ccc2OC)cc1.I. The highest BCUT2D eigenvalue weighted by atomic mass is 127. The molecule has 2 aromatic rings. The number of methoxy groups -OCH3 is 3. The third-order valence-electron chi connectivity index (χ3n) is 3.98. The van der Waals surface area contributed by atoms with Crippen molar-refractivity contribution in [2.24, 2.45) is 10.7 Å². The van der Waals surface area contributed by atoms with Crippen LogP contribution in [0.2, 0.25) is 0 Å². The maximum atomic E-state index is 5.97. The molecule has 148 valence electrons. The van der Waals surface area contributed by atoms with E-state index in [0.29, 0.717) is 18.3 Å². The topological polar surface area (TPSA) is 78.1 Å². The van der Waals surface area contributed by atoms with E-state index >= 15 is 0 Å². The molecule has 0 radical (unpaired) electrons. The Morgan fingerprint density at radius 2 is 1.59 bits per heavy atom. The summed E-state index contributed by atoms with van der Waals surface area (Å²) in [5.41, 5.74) is 8.00. The molecular weight excluding hydrogens is 457 g/mol. The van der Waals surface area contributed by atoms with E-state index in [2.05, 4.69) is 22.4 Å². The first kappa shape index (κ1) is 22.9. The van der Waals surface area contributed by atoms with Gasteiger partial charge in [-0.05, 0) is 49.1 Å². The minimum absolute atomic E-state index is 0. The predicted octanol–water partition coefficient (Wildman–Crippen LogP) is 4.08. The quantitative estimate of drug-likeness (QED) is 0.242. The number of unbranched alkanes of at least 4 members (excludes halogenated alkanes) is 1. The van der Waals surface area contributed by atoms with Crippen LogP contribution in [0.5, 0.6) is 17.2 Å². The Hall–Kier alpha value is -2.16. The largest absolute Gasteiger partial charge is 0.497 e. The number of anilines is 1. The van der Waals surface area contributed by atoms with Crippen molar-refractivity contribution in [1.29, 1.82) is 0 Å². The van der Waals surface area contributed by atoms with Crippen molar-refractivity contribution in [2.45, 2.75) is 19.3 Å². The van der Waals surface area contributed by atoms with Gasteiger partial charge in [-0.2, -0.15) is 0 Å². The summed E-state index contributed by atoms with van der Waals surface area (Å²) in [6.45, 7) is 0.668. The van der Waals surface area contributed by atoms with Gasteiger partial charge in [-0.1, -0.05) is 12.1 Å². The van der Waals surface area contributed by atoms with Gasteiger partial charge in [0, 0.05) is 12.6 Å². The van der Waals surface area contributed by atoms with Crippen LogP contribution in [-0.2, 0) is 6.42 Å². The molecule has 0 spiro atoms. The van der Waals surface area contributed by atoms with E-state index in [0.717, 1.165) is 36.4 Å². The molecule has 0 heterocycles. The minimum atomic E-state index is 0. The summed E-state index contributed by atoms with van der Waals surface area (Å²) in [4.78, 5) is 4.38. The Balaban J connectivity index is 0.00000364. The highest BCUT2D eigenvalue weighted by Gasteiger charge is 2.06. The van der Waals surface area contributed by atoms with Crippen LogP contribution < -0.4 is 25.3 Å². The third kappa shape index (κ3) is 7.54. The standard InChI is InChI=1S/C20H27N3O3.HI/c1-24-16-9-7-15(8-10-16)6-4-5-13-22-20(21)23-18-14-17(25-2)11-12-19(18)26-3;/h7-12,14H,4-6,13H2,1-3H3,(H3,21,22,23);1H. The molecule has 7 heteroatoms. The second-order valence-electron chi connectivity index (χ2n) is 5.76. The number of guanidine groups is 1. The highest BCUT2D eigenvalue weighted by molar-refractivity contribution is 14.0. The van der Waals surface area contributed by atoms with Crippen molar-refractivity contribution in [2.75, 3.05) is 33.2 Å². The monoisotopic (exact) mass is 485 g/mol. The van der Waals surface area contributed by atoms with Crippen LogP contribution in [0.25, 0.3) is 0 Å². The molecule has 0 unspecified atom stereocenters. The van der Waals surface area contributed by atoms with E-state index in [4.69, 9.17) is 19.9 Å². The van der Waals surface area contributed by atoms with E-state index in [1.54, 1.807) is 21.3 Å². The number of nitrogens with one attached hydrogen (secondary N) is 1.